The molecule has 0 radical (unpaired) electrons. The Balaban J connectivity index is 1.95. The average molecular weight is 363 g/mol. The van der Waals surface area contributed by atoms with E-state index in [-0.39, 0.29) is 30.9 Å². The lowest BCUT2D eigenvalue weighted by Gasteiger charge is -2.25. The predicted octanol–water partition coefficient (Wildman–Crippen LogP) is 2.94. The molecule has 1 unspecified atom stereocenters. The zero-order valence-electron chi connectivity index (χ0n) is 15.2. The van der Waals surface area contributed by atoms with Gasteiger partial charge in [-0.2, -0.15) is 5.10 Å². The molecule has 0 saturated carbocycles. The van der Waals surface area contributed by atoms with Crippen molar-refractivity contribution < 1.29 is 15.0 Å². The van der Waals surface area contributed by atoms with Crippen molar-refractivity contribution in [2.24, 2.45) is 0 Å². The van der Waals surface area contributed by atoms with Crippen LogP contribution in [0.25, 0.3) is 11.3 Å². The van der Waals surface area contributed by atoms with E-state index in [1.165, 1.54) is 0 Å². The number of amides is 1. The molecule has 4 rings (SSSR count). The minimum atomic E-state index is -0.366. The van der Waals surface area contributed by atoms with Gasteiger partial charge in [0.25, 0.3) is 5.91 Å². The van der Waals surface area contributed by atoms with E-state index in [0.29, 0.717) is 17.0 Å². The Morgan fingerprint density at radius 3 is 2.63 bits per heavy atom. The summed E-state index contributed by atoms with van der Waals surface area (Å²) in [5.74, 6) is -0.0368. The molecule has 138 valence electrons. The molecule has 6 nitrogen and oxygen atoms in total. The number of benzene rings is 2. The number of H-pyrrole nitrogens is 1. The average Bonchev–Trinajstić information content (AvgIpc) is 3.19. The topological polar surface area (TPSA) is 89.5 Å². The first-order valence-electron chi connectivity index (χ1n) is 8.88. The number of aliphatic hydroxyl groups is 1. The molecule has 3 N–H and O–H groups in total. The number of aromatic amines is 1. The van der Waals surface area contributed by atoms with Crippen molar-refractivity contribution in [2.45, 2.75) is 19.9 Å². The lowest BCUT2D eigenvalue weighted by Crippen LogP contribution is -2.32. The van der Waals surface area contributed by atoms with Crippen LogP contribution in [-0.2, 0) is 0 Å². The monoisotopic (exact) mass is 363 g/mol. The highest BCUT2D eigenvalue weighted by Crippen LogP contribution is 2.44. The highest BCUT2D eigenvalue weighted by atomic mass is 16.3. The summed E-state index contributed by atoms with van der Waals surface area (Å²) in [6.45, 7) is 3.90. The summed E-state index contributed by atoms with van der Waals surface area (Å²) in [5, 5.41) is 27.3. The number of β-amino-alcohol motifs (C(OH)–C–C–N with tert-alkyl or cyclic N) is 1. The number of nitrogens with one attached hydrogen (secondary N) is 1. The fourth-order valence-corrected chi connectivity index (χ4v) is 3.86. The van der Waals surface area contributed by atoms with Crippen molar-refractivity contribution in [3.8, 4) is 17.0 Å². The van der Waals surface area contributed by atoms with Crippen LogP contribution in [0.5, 0.6) is 5.75 Å². The number of aryl methyl sites for hydroxylation is 2. The molecule has 27 heavy (non-hydrogen) atoms. The van der Waals surface area contributed by atoms with Crippen molar-refractivity contribution in [1.82, 2.24) is 15.1 Å². The highest BCUT2D eigenvalue weighted by Gasteiger charge is 2.42. The zero-order valence-corrected chi connectivity index (χ0v) is 15.2. The van der Waals surface area contributed by atoms with Crippen LogP contribution in [0, 0.1) is 13.8 Å². The van der Waals surface area contributed by atoms with Crippen LogP contribution in [0.1, 0.15) is 38.8 Å². The third-order valence-corrected chi connectivity index (χ3v) is 5.02. The van der Waals surface area contributed by atoms with E-state index in [1.807, 2.05) is 56.3 Å². The third kappa shape index (κ3) is 2.69. The fraction of sp³-hybridized carbons (Fsp3) is 0.238. The second-order valence-electron chi connectivity index (χ2n) is 6.87. The molecule has 1 amide bonds. The van der Waals surface area contributed by atoms with Gasteiger partial charge in [0, 0.05) is 17.7 Å². The summed E-state index contributed by atoms with van der Waals surface area (Å²) in [7, 11) is 0. The van der Waals surface area contributed by atoms with Gasteiger partial charge < -0.3 is 15.1 Å². The normalized spacial score (nSPS) is 16.0. The van der Waals surface area contributed by atoms with Gasteiger partial charge in [-0.25, -0.2) is 0 Å². The van der Waals surface area contributed by atoms with Gasteiger partial charge in [-0.1, -0.05) is 36.4 Å². The molecule has 2 heterocycles. The van der Waals surface area contributed by atoms with Gasteiger partial charge in [-0.15, -0.1) is 0 Å². The van der Waals surface area contributed by atoms with Crippen LogP contribution in [0.3, 0.4) is 0 Å². The minimum absolute atomic E-state index is 0.128. The summed E-state index contributed by atoms with van der Waals surface area (Å²) in [4.78, 5) is 14.6. The van der Waals surface area contributed by atoms with Crippen molar-refractivity contribution in [2.75, 3.05) is 13.2 Å². The molecule has 0 spiro atoms. The Morgan fingerprint density at radius 1 is 1.19 bits per heavy atom. The summed E-state index contributed by atoms with van der Waals surface area (Å²) >= 11 is 0. The number of carbonyl (C=O) groups is 1. The summed E-state index contributed by atoms with van der Waals surface area (Å²) in [6, 6.07) is 13.1. The number of phenols is 1. The standard InChI is InChI=1S/C21H21N3O3/c1-12-10-13(2)20(26)15(11-12)17-16-18(23-22-17)21(27)24(8-9-25)19(16)14-6-4-3-5-7-14/h3-7,10-11,19,25-26H,8-9H2,1-2H3,(H,22,23). The molecule has 0 saturated heterocycles. The Labute approximate surface area is 157 Å². The number of aromatic hydroxyl groups is 1. The molecule has 0 aliphatic carbocycles. The van der Waals surface area contributed by atoms with Crippen LogP contribution < -0.4 is 0 Å². The number of hydrogen-bond donors (Lipinski definition) is 3. The van der Waals surface area contributed by atoms with Crippen molar-refractivity contribution >= 4 is 5.91 Å². The van der Waals surface area contributed by atoms with E-state index in [4.69, 9.17) is 0 Å². The summed E-state index contributed by atoms with van der Waals surface area (Å²) in [6.07, 6.45) is 0. The lowest BCUT2D eigenvalue weighted by atomic mass is 9.94. The number of phenolic OH excluding ortho intramolecular Hbond substituents is 1. The summed E-state index contributed by atoms with van der Waals surface area (Å²) < 4.78 is 0. The Hall–Kier alpha value is -3.12. The maximum absolute atomic E-state index is 12.9. The molecular formula is C21H21N3O3. The third-order valence-electron chi connectivity index (χ3n) is 5.02. The fourth-order valence-electron chi connectivity index (χ4n) is 3.86. The first-order chi connectivity index (χ1) is 13.0. The highest BCUT2D eigenvalue weighted by molar-refractivity contribution is 6.00. The quantitative estimate of drug-likeness (QED) is 0.665. The molecule has 1 aliphatic heterocycles. The number of fused-ring (bicyclic) bond motifs is 1. The number of nitrogens with zero attached hydrogens (tertiary/aromatic N) is 2. The van der Waals surface area contributed by atoms with E-state index in [2.05, 4.69) is 10.2 Å². The maximum Gasteiger partial charge on any atom is 0.273 e. The molecular weight excluding hydrogens is 342 g/mol. The smallest absolute Gasteiger partial charge is 0.273 e. The number of aliphatic hydroxyl groups excluding tert-OH is 1. The van der Waals surface area contributed by atoms with Gasteiger partial charge in [0.05, 0.1) is 12.6 Å². The molecule has 0 fully saturated rings. The van der Waals surface area contributed by atoms with Crippen LogP contribution in [0.15, 0.2) is 42.5 Å². The Morgan fingerprint density at radius 2 is 1.93 bits per heavy atom. The van der Waals surface area contributed by atoms with Gasteiger partial charge in [0.2, 0.25) is 0 Å². The number of rotatable bonds is 4. The minimum Gasteiger partial charge on any atom is -0.507 e. The van der Waals surface area contributed by atoms with E-state index in [0.717, 1.165) is 22.3 Å². The summed E-state index contributed by atoms with van der Waals surface area (Å²) in [5.41, 5.74) is 5.01. The van der Waals surface area contributed by atoms with Crippen molar-refractivity contribution in [3.63, 3.8) is 0 Å². The SMILES string of the molecule is Cc1cc(C)c(O)c(-c2n[nH]c3c2C(c2ccccc2)N(CCO)C3=O)c1. The molecule has 1 aliphatic rings. The predicted molar refractivity (Wildman–Crippen MR) is 102 cm³/mol. The van der Waals surface area contributed by atoms with Crippen LogP contribution in [0.4, 0.5) is 0 Å². The molecule has 6 heteroatoms. The van der Waals surface area contributed by atoms with Gasteiger partial charge in [-0.3, -0.25) is 9.89 Å². The number of carbonyl (C=O) groups excluding carboxylic acids is 1. The second kappa shape index (κ2) is 6.55. The van der Waals surface area contributed by atoms with Gasteiger partial charge in [0.1, 0.15) is 17.1 Å². The van der Waals surface area contributed by atoms with Crippen molar-refractivity contribution in [1.29, 1.82) is 0 Å². The first kappa shape index (κ1) is 17.3. The second-order valence-corrected chi connectivity index (χ2v) is 6.87. The van der Waals surface area contributed by atoms with E-state index < -0.39 is 0 Å². The largest absolute Gasteiger partial charge is 0.507 e. The van der Waals surface area contributed by atoms with E-state index in [1.54, 1.807) is 4.90 Å². The lowest BCUT2D eigenvalue weighted by molar-refractivity contribution is 0.0706. The Kier molecular flexibility index (Phi) is 4.20. The van der Waals surface area contributed by atoms with Crippen LogP contribution >= 0.6 is 0 Å². The maximum atomic E-state index is 12.9. The van der Waals surface area contributed by atoms with Crippen LogP contribution in [-0.4, -0.2) is 44.4 Å². The van der Waals surface area contributed by atoms with Gasteiger partial charge >= 0.3 is 0 Å². The van der Waals surface area contributed by atoms with E-state index >= 15 is 0 Å². The zero-order chi connectivity index (χ0) is 19.1. The number of hydrogen-bond acceptors (Lipinski definition) is 4. The van der Waals surface area contributed by atoms with E-state index in [9.17, 15) is 15.0 Å². The number of aromatic nitrogens is 2. The molecule has 2 aromatic carbocycles. The first-order valence-corrected chi connectivity index (χ1v) is 8.88. The van der Waals surface area contributed by atoms with Gasteiger partial charge in [-0.05, 0) is 36.6 Å². The molecule has 0 bridgehead atoms. The van der Waals surface area contributed by atoms with Crippen molar-refractivity contribution in [3.05, 3.63) is 70.4 Å². The molecule has 1 atom stereocenters. The molecule has 3 aromatic rings. The Bertz CT molecular complexity index is 1010. The van der Waals surface area contributed by atoms with Gasteiger partial charge in [0.15, 0.2) is 0 Å². The van der Waals surface area contributed by atoms with Crippen LogP contribution in [0.2, 0.25) is 0 Å². The molecule has 1 aromatic heterocycles.